The van der Waals surface area contributed by atoms with Crippen molar-refractivity contribution in [1.29, 1.82) is 0 Å². The monoisotopic (exact) mass is 302 g/mol. The maximum absolute atomic E-state index is 5.85. The number of rotatable bonds is 6. The molecule has 0 saturated heterocycles. The van der Waals surface area contributed by atoms with E-state index >= 15 is 0 Å². The van der Waals surface area contributed by atoms with Crippen molar-refractivity contribution in [3.63, 3.8) is 0 Å². The Kier molecular flexibility index (Phi) is 4.27. The summed E-state index contributed by atoms with van der Waals surface area (Å²) in [5.41, 5.74) is 8.24. The summed E-state index contributed by atoms with van der Waals surface area (Å²) in [5, 5.41) is 1.08. The van der Waals surface area contributed by atoms with Crippen molar-refractivity contribution in [3.8, 4) is 16.3 Å². The lowest BCUT2D eigenvalue weighted by Gasteiger charge is -2.08. The Balaban J connectivity index is 1.77. The third-order valence-electron chi connectivity index (χ3n) is 3.56. The number of aromatic nitrogens is 1. The smallest absolute Gasteiger partial charge is 0.123 e. The molecule has 21 heavy (non-hydrogen) atoms. The van der Waals surface area contributed by atoms with Gasteiger partial charge in [0.25, 0.3) is 0 Å². The Bertz CT molecular complexity index is 600. The van der Waals surface area contributed by atoms with Gasteiger partial charge in [0, 0.05) is 22.9 Å². The molecule has 3 rings (SSSR count). The number of hydrogen-bond acceptors (Lipinski definition) is 4. The minimum Gasteiger partial charge on any atom is -0.493 e. The molecule has 1 fully saturated rings. The van der Waals surface area contributed by atoms with E-state index in [2.05, 4.69) is 26.0 Å². The normalized spacial score (nSPS) is 14.7. The first kappa shape index (κ1) is 14.5. The van der Waals surface area contributed by atoms with Crippen LogP contribution in [0.15, 0.2) is 24.3 Å². The summed E-state index contributed by atoms with van der Waals surface area (Å²) in [6.07, 6.45) is 2.52. The predicted molar refractivity (Wildman–Crippen MR) is 87.7 cm³/mol. The molecule has 1 aromatic carbocycles. The van der Waals surface area contributed by atoms with Gasteiger partial charge in [0.15, 0.2) is 0 Å². The Morgan fingerprint density at radius 3 is 2.57 bits per heavy atom. The molecule has 2 N–H and O–H groups in total. The van der Waals surface area contributed by atoms with Crippen LogP contribution in [-0.2, 0) is 6.54 Å². The van der Waals surface area contributed by atoms with Crippen LogP contribution < -0.4 is 10.5 Å². The van der Waals surface area contributed by atoms with Gasteiger partial charge in [-0.1, -0.05) is 13.8 Å². The zero-order chi connectivity index (χ0) is 14.8. The lowest BCUT2D eigenvalue weighted by atomic mass is 10.2. The number of nitrogens with zero attached hydrogens (tertiary/aromatic N) is 1. The molecule has 2 aromatic rings. The van der Waals surface area contributed by atoms with Crippen molar-refractivity contribution < 1.29 is 4.74 Å². The van der Waals surface area contributed by atoms with Crippen LogP contribution in [-0.4, -0.2) is 11.6 Å². The van der Waals surface area contributed by atoms with E-state index in [0.29, 0.717) is 18.4 Å². The van der Waals surface area contributed by atoms with Crippen molar-refractivity contribution in [1.82, 2.24) is 4.98 Å². The van der Waals surface area contributed by atoms with Crippen molar-refractivity contribution in [2.24, 2.45) is 11.7 Å². The number of ether oxygens (including phenoxy) is 1. The lowest BCUT2D eigenvalue weighted by Crippen LogP contribution is -2.04. The van der Waals surface area contributed by atoms with Crippen LogP contribution in [0.1, 0.15) is 43.2 Å². The maximum Gasteiger partial charge on any atom is 0.123 e. The zero-order valence-electron chi connectivity index (χ0n) is 12.6. The molecule has 3 nitrogen and oxygen atoms in total. The molecule has 0 atom stereocenters. The highest BCUT2D eigenvalue weighted by Gasteiger charge is 2.29. The summed E-state index contributed by atoms with van der Waals surface area (Å²) >= 11 is 1.73. The van der Waals surface area contributed by atoms with Crippen LogP contribution in [0.4, 0.5) is 0 Å². The molecule has 0 radical (unpaired) electrons. The van der Waals surface area contributed by atoms with E-state index in [0.717, 1.165) is 22.9 Å². The van der Waals surface area contributed by atoms with E-state index < -0.39 is 0 Å². The van der Waals surface area contributed by atoms with E-state index in [1.165, 1.54) is 23.4 Å². The van der Waals surface area contributed by atoms with Gasteiger partial charge in [0.1, 0.15) is 10.8 Å². The predicted octanol–water partition coefficient (Wildman–Crippen LogP) is 4.18. The molecule has 0 spiro atoms. The largest absolute Gasteiger partial charge is 0.493 e. The van der Waals surface area contributed by atoms with Crippen LogP contribution in [0.5, 0.6) is 5.75 Å². The molecule has 4 heteroatoms. The van der Waals surface area contributed by atoms with Gasteiger partial charge in [-0.15, -0.1) is 11.3 Å². The minimum atomic E-state index is 0.539. The number of hydrogen-bond donors (Lipinski definition) is 1. The van der Waals surface area contributed by atoms with Crippen molar-refractivity contribution >= 4 is 11.3 Å². The van der Waals surface area contributed by atoms with E-state index in [-0.39, 0.29) is 0 Å². The van der Waals surface area contributed by atoms with Gasteiger partial charge >= 0.3 is 0 Å². The number of benzene rings is 1. The van der Waals surface area contributed by atoms with Crippen LogP contribution in [0.3, 0.4) is 0 Å². The molecular weight excluding hydrogens is 280 g/mol. The second-order valence-corrected chi connectivity index (χ2v) is 7.12. The molecule has 0 amide bonds. The Labute approximate surface area is 130 Å². The SMILES string of the molecule is CC(C)COc1ccc(-c2nc(C3CC3)c(CN)s2)cc1. The third kappa shape index (κ3) is 3.44. The van der Waals surface area contributed by atoms with Gasteiger partial charge in [-0.25, -0.2) is 4.98 Å². The van der Waals surface area contributed by atoms with Gasteiger partial charge in [-0.05, 0) is 43.0 Å². The van der Waals surface area contributed by atoms with E-state index in [1.54, 1.807) is 11.3 Å². The standard InChI is InChI=1S/C17H22N2OS/c1-11(2)10-20-14-7-5-13(6-8-14)17-19-16(12-3-4-12)15(9-18)21-17/h5-8,11-12H,3-4,9-10,18H2,1-2H3. The minimum absolute atomic E-state index is 0.539. The van der Waals surface area contributed by atoms with Crippen molar-refractivity contribution in [2.75, 3.05) is 6.61 Å². The van der Waals surface area contributed by atoms with Crippen LogP contribution in [0.25, 0.3) is 10.6 Å². The van der Waals surface area contributed by atoms with Crippen molar-refractivity contribution in [3.05, 3.63) is 34.8 Å². The average molecular weight is 302 g/mol. The summed E-state index contributed by atoms with van der Waals surface area (Å²) in [6, 6.07) is 8.23. The zero-order valence-corrected chi connectivity index (χ0v) is 13.5. The Morgan fingerprint density at radius 1 is 1.29 bits per heavy atom. The summed E-state index contributed by atoms with van der Waals surface area (Å²) in [4.78, 5) is 6.06. The first-order chi connectivity index (χ1) is 10.2. The summed E-state index contributed by atoms with van der Waals surface area (Å²) < 4.78 is 5.72. The summed E-state index contributed by atoms with van der Waals surface area (Å²) in [5.74, 6) is 2.12. The van der Waals surface area contributed by atoms with Crippen molar-refractivity contribution in [2.45, 2.75) is 39.2 Å². The van der Waals surface area contributed by atoms with E-state index in [1.807, 2.05) is 12.1 Å². The second-order valence-electron chi connectivity index (χ2n) is 6.04. The fourth-order valence-electron chi connectivity index (χ4n) is 2.27. The van der Waals surface area contributed by atoms with Gasteiger partial charge in [0.05, 0.1) is 12.3 Å². The first-order valence-corrected chi connectivity index (χ1v) is 8.42. The third-order valence-corrected chi connectivity index (χ3v) is 4.70. The molecule has 0 bridgehead atoms. The second kappa shape index (κ2) is 6.16. The first-order valence-electron chi connectivity index (χ1n) is 7.60. The molecule has 1 saturated carbocycles. The van der Waals surface area contributed by atoms with Gasteiger partial charge in [0.2, 0.25) is 0 Å². The highest BCUT2D eigenvalue weighted by molar-refractivity contribution is 7.15. The highest BCUT2D eigenvalue weighted by atomic mass is 32.1. The average Bonchev–Trinajstić information content (AvgIpc) is 3.25. The molecule has 1 heterocycles. The fraction of sp³-hybridized carbons (Fsp3) is 0.471. The molecule has 0 aliphatic heterocycles. The van der Waals surface area contributed by atoms with Gasteiger partial charge in [-0.2, -0.15) is 0 Å². The highest BCUT2D eigenvalue weighted by Crippen LogP contribution is 2.44. The number of nitrogens with two attached hydrogens (primary N) is 1. The van der Waals surface area contributed by atoms with Crippen LogP contribution in [0, 0.1) is 5.92 Å². The number of thiazole rings is 1. The molecule has 0 unspecified atom stereocenters. The quantitative estimate of drug-likeness (QED) is 0.870. The van der Waals surface area contributed by atoms with E-state index in [4.69, 9.17) is 15.5 Å². The van der Waals surface area contributed by atoms with E-state index in [9.17, 15) is 0 Å². The molecule has 112 valence electrons. The lowest BCUT2D eigenvalue weighted by molar-refractivity contribution is 0.271. The topological polar surface area (TPSA) is 48.1 Å². The maximum atomic E-state index is 5.85. The Morgan fingerprint density at radius 2 is 2.00 bits per heavy atom. The fourth-order valence-corrected chi connectivity index (χ4v) is 3.30. The molecule has 1 aliphatic rings. The molecule has 1 aromatic heterocycles. The van der Waals surface area contributed by atoms with Crippen LogP contribution >= 0.6 is 11.3 Å². The summed E-state index contributed by atoms with van der Waals surface area (Å²) in [7, 11) is 0. The molecule has 1 aliphatic carbocycles. The van der Waals surface area contributed by atoms with Gasteiger partial charge in [-0.3, -0.25) is 0 Å². The summed E-state index contributed by atoms with van der Waals surface area (Å²) in [6.45, 7) is 5.65. The Hall–Kier alpha value is -1.39. The van der Waals surface area contributed by atoms with Gasteiger partial charge < -0.3 is 10.5 Å². The molecular formula is C17H22N2OS. The van der Waals surface area contributed by atoms with Crippen LogP contribution in [0.2, 0.25) is 0 Å².